The maximum absolute atomic E-state index is 5.10. The zero-order valence-electron chi connectivity index (χ0n) is 9.73. The second-order valence-electron chi connectivity index (χ2n) is 3.94. The summed E-state index contributed by atoms with van der Waals surface area (Å²) < 4.78 is 6.22. The number of benzene rings is 1. The highest BCUT2D eigenvalue weighted by Gasteiger charge is 2.08. The van der Waals surface area contributed by atoms with Gasteiger partial charge in [0.15, 0.2) is 0 Å². The molecule has 1 atom stereocenters. The van der Waals surface area contributed by atoms with Crippen LogP contribution in [0.5, 0.6) is 0 Å². The van der Waals surface area contributed by atoms with Gasteiger partial charge in [0.2, 0.25) is 0 Å². The Kier molecular flexibility index (Phi) is 4.61. The average molecular weight is 272 g/mol. The number of hydrogen-bond acceptors (Lipinski definition) is 2. The number of methoxy groups -OCH3 is 1. The minimum atomic E-state index is 0.313. The van der Waals surface area contributed by atoms with Gasteiger partial charge in [0.25, 0.3) is 0 Å². The van der Waals surface area contributed by atoms with Crippen LogP contribution in [0.2, 0.25) is 0 Å². The molecule has 0 bridgehead atoms. The molecule has 0 aromatic heterocycles. The largest absolute Gasteiger partial charge is 0.383 e. The van der Waals surface area contributed by atoms with Crippen molar-refractivity contribution in [3.8, 4) is 0 Å². The van der Waals surface area contributed by atoms with Crippen molar-refractivity contribution in [3.63, 3.8) is 0 Å². The molecular formula is C12H18BrNO. The first-order valence-corrected chi connectivity index (χ1v) is 5.86. The van der Waals surface area contributed by atoms with Crippen molar-refractivity contribution in [3.05, 3.63) is 27.7 Å². The van der Waals surface area contributed by atoms with Crippen LogP contribution in [0, 0.1) is 13.8 Å². The molecule has 1 aromatic rings. The molecule has 1 aromatic carbocycles. The number of hydrogen-bond donors (Lipinski definition) is 1. The minimum absolute atomic E-state index is 0.313. The molecule has 1 unspecified atom stereocenters. The van der Waals surface area contributed by atoms with Crippen molar-refractivity contribution in [2.24, 2.45) is 0 Å². The molecule has 84 valence electrons. The molecular weight excluding hydrogens is 254 g/mol. The molecule has 0 aliphatic carbocycles. The SMILES string of the molecule is COCC(C)Nc1c(C)cc(C)cc1Br. The maximum Gasteiger partial charge on any atom is 0.0661 e. The summed E-state index contributed by atoms with van der Waals surface area (Å²) in [6.07, 6.45) is 0. The highest BCUT2D eigenvalue weighted by Crippen LogP contribution is 2.28. The first-order valence-electron chi connectivity index (χ1n) is 5.06. The summed E-state index contributed by atoms with van der Waals surface area (Å²) in [7, 11) is 1.72. The van der Waals surface area contributed by atoms with E-state index in [2.05, 4.69) is 54.2 Å². The third kappa shape index (κ3) is 3.50. The third-order valence-corrected chi connectivity index (χ3v) is 2.86. The third-order valence-electron chi connectivity index (χ3n) is 2.24. The Labute approximate surface area is 100 Å². The highest BCUT2D eigenvalue weighted by molar-refractivity contribution is 9.10. The first-order chi connectivity index (χ1) is 7.04. The van der Waals surface area contributed by atoms with E-state index in [1.807, 2.05) is 0 Å². The second kappa shape index (κ2) is 5.52. The summed E-state index contributed by atoms with van der Waals surface area (Å²) in [6.45, 7) is 7.02. The topological polar surface area (TPSA) is 21.3 Å². The van der Waals surface area contributed by atoms with E-state index in [-0.39, 0.29) is 0 Å². The molecule has 15 heavy (non-hydrogen) atoms. The fourth-order valence-electron chi connectivity index (χ4n) is 1.64. The van der Waals surface area contributed by atoms with Crippen LogP contribution in [-0.2, 0) is 4.74 Å². The van der Waals surface area contributed by atoms with E-state index < -0.39 is 0 Å². The molecule has 0 amide bonds. The zero-order chi connectivity index (χ0) is 11.4. The summed E-state index contributed by atoms with van der Waals surface area (Å²) in [5.74, 6) is 0. The molecule has 0 aliphatic heterocycles. The number of aryl methyl sites for hydroxylation is 2. The van der Waals surface area contributed by atoms with Crippen LogP contribution in [0.4, 0.5) is 5.69 Å². The summed E-state index contributed by atoms with van der Waals surface area (Å²) >= 11 is 3.57. The number of halogens is 1. The number of nitrogens with one attached hydrogen (secondary N) is 1. The van der Waals surface area contributed by atoms with Crippen LogP contribution in [-0.4, -0.2) is 19.8 Å². The monoisotopic (exact) mass is 271 g/mol. The summed E-state index contributed by atoms with van der Waals surface area (Å²) in [4.78, 5) is 0. The van der Waals surface area contributed by atoms with Crippen molar-refractivity contribution in [1.29, 1.82) is 0 Å². The Morgan fingerprint density at radius 3 is 2.60 bits per heavy atom. The van der Waals surface area contributed by atoms with Crippen LogP contribution in [0.3, 0.4) is 0 Å². The Hall–Kier alpha value is -0.540. The van der Waals surface area contributed by atoms with E-state index in [9.17, 15) is 0 Å². The predicted octanol–water partition coefficient (Wildman–Crippen LogP) is 3.51. The summed E-state index contributed by atoms with van der Waals surface area (Å²) in [5, 5.41) is 3.43. The minimum Gasteiger partial charge on any atom is -0.383 e. The Balaban J connectivity index is 2.85. The van der Waals surface area contributed by atoms with Gasteiger partial charge in [-0.3, -0.25) is 0 Å². The van der Waals surface area contributed by atoms with Crippen molar-refractivity contribution in [2.45, 2.75) is 26.8 Å². The van der Waals surface area contributed by atoms with Gasteiger partial charge in [0.05, 0.1) is 12.3 Å². The van der Waals surface area contributed by atoms with E-state index in [1.165, 1.54) is 11.1 Å². The quantitative estimate of drug-likeness (QED) is 0.905. The average Bonchev–Trinajstić information content (AvgIpc) is 2.11. The van der Waals surface area contributed by atoms with Gasteiger partial charge in [-0.05, 0) is 53.9 Å². The smallest absolute Gasteiger partial charge is 0.0661 e. The van der Waals surface area contributed by atoms with Gasteiger partial charge in [0, 0.05) is 17.6 Å². The Morgan fingerprint density at radius 2 is 2.07 bits per heavy atom. The van der Waals surface area contributed by atoms with Gasteiger partial charge in [-0.25, -0.2) is 0 Å². The lowest BCUT2D eigenvalue weighted by Crippen LogP contribution is -2.21. The molecule has 3 heteroatoms. The van der Waals surface area contributed by atoms with Gasteiger partial charge in [-0.1, -0.05) is 6.07 Å². The molecule has 0 fully saturated rings. The van der Waals surface area contributed by atoms with Crippen molar-refractivity contribution >= 4 is 21.6 Å². The van der Waals surface area contributed by atoms with E-state index in [4.69, 9.17) is 4.74 Å². The molecule has 1 rings (SSSR count). The van der Waals surface area contributed by atoms with Crippen LogP contribution < -0.4 is 5.32 Å². The van der Waals surface area contributed by atoms with E-state index >= 15 is 0 Å². The van der Waals surface area contributed by atoms with Gasteiger partial charge >= 0.3 is 0 Å². The van der Waals surface area contributed by atoms with Crippen LogP contribution in [0.1, 0.15) is 18.1 Å². The molecule has 2 nitrogen and oxygen atoms in total. The lowest BCUT2D eigenvalue weighted by molar-refractivity contribution is 0.190. The second-order valence-corrected chi connectivity index (χ2v) is 4.79. The standard InChI is InChI=1S/C12H18BrNO/c1-8-5-9(2)12(11(13)6-8)14-10(3)7-15-4/h5-6,10,14H,7H2,1-4H3. The Morgan fingerprint density at radius 1 is 1.40 bits per heavy atom. The van der Waals surface area contributed by atoms with Crippen LogP contribution >= 0.6 is 15.9 Å². The molecule has 0 radical (unpaired) electrons. The van der Waals surface area contributed by atoms with Crippen LogP contribution in [0.15, 0.2) is 16.6 Å². The van der Waals surface area contributed by atoms with Crippen molar-refractivity contribution < 1.29 is 4.74 Å². The fraction of sp³-hybridized carbons (Fsp3) is 0.500. The number of ether oxygens (including phenoxy) is 1. The van der Waals surface area contributed by atoms with Crippen LogP contribution in [0.25, 0.3) is 0 Å². The molecule has 0 saturated heterocycles. The molecule has 0 saturated carbocycles. The fourth-order valence-corrected chi connectivity index (χ4v) is 2.42. The molecule has 0 aliphatic rings. The first kappa shape index (κ1) is 12.5. The van der Waals surface area contributed by atoms with Gasteiger partial charge in [-0.15, -0.1) is 0 Å². The van der Waals surface area contributed by atoms with E-state index in [0.29, 0.717) is 12.6 Å². The Bertz CT molecular complexity index is 315. The normalized spacial score (nSPS) is 12.6. The van der Waals surface area contributed by atoms with Crippen molar-refractivity contribution in [1.82, 2.24) is 0 Å². The number of rotatable bonds is 4. The maximum atomic E-state index is 5.10. The predicted molar refractivity (Wildman–Crippen MR) is 68.6 cm³/mol. The van der Waals surface area contributed by atoms with Gasteiger partial charge in [-0.2, -0.15) is 0 Å². The summed E-state index contributed by atoms with van der Waals surface area (Å²) in [5.41, 5.74) is 3.68. The van der Waals surface area contributed by atoms with Gasteiger partial charge in [0.1, 0.15) is 0 Å². The van der Waals surface area contributed by atoms with Gasteiger partial charge < -0.3 is 10.1 Å². The molecule has 1 N–H and O–H groups in total. The lowest BCUT2D eigenvalue weighted by atomic mass is 10.1. The van der Waals surface area contributed by atoms with Crippen molar-refractivity contribution in [2.75, 3.05) is 19.0 Å². The molecule has 0 heterocycles. The lowest BCUT2D eigenvalue weighted by Gasteiger charge is -2.18. The van der Waals surface area contributed by atoms with E-state index in [1.54, 1.807) is 7.11 Å². The number of anilines is 1. The summed E-state index contributed by atoms with van der Waals surface area (Å²) in [6, 6.07) is 4.61. The zero-order valence-corrected chi connectivity index (χ0v) is 11.3. The molecule has 0 spiro atoms. The van der Waals surface area contributed by atoms with E-state index in [0.717, 1.165) is 10.2 Å². The highest BCUT2D eigenvalue weighted by atomic mass is 79.9.